The smallest absolute Gasteiger partial charge is 0.261 e. The predicted octanol–water partition coefficient (Wildman–Crippen LogP) is 3.97. The van der Waals surface area contributed by atoms with Crippen molar-refractivity contribution in [2.45, 2.75) is 23.8 Å². The first kappa shape index (κ1) is 22.2. The van der Waals surface area contributed by atoms with Crippen LogP contribution in [0.15, 0.2) is 76.1 Å². The quantitative estimate of drug-likeness (QED) is 0.430. The van der Waals surface area contributed by atoms with Gasteiger partial charge in [-0.2, -0.15) is 0 Å². The van der Waals surface area contributed by atoms with Crippen LogP contribution in [0.1, 0.15) is 27.9 Å². The van der Waals surface area contributed by atoms with Gasteiger partial charge >= 0.3 is 0 Å². The molecule has 0 saturated heterocycles. The van der Waals surface area contributed by atoms with E-state index in [0.717, 1.165) is 10.0 Å². The van der Waals surface area contributed by atoms with E-state index in [0.29, 0.717) is 11.3 Å². The maximum atomic E-state index is 12.9. The molecule has 3 aromatic rings. The van der Waals surface area contributed by atoms with E-state index in [9.17, 15) is 23.1 Å². The molecule has 0 radical (unpaired) electrons. The second-order valence-corrected chi connectivity index (χ2v) is 10.2. The number of sulfonamides is 1. The molecule has 1 heterocycles. The third-order valence-corrected chi connectivity index (χ3v) is 7.13. The summed E-state index contributed by atoms with van der Waals surface area (Å²) in [4.78, 5) is 25.5. The molecule has 0 fully saturated rings. The Morgan fingerprint density at radius 1 is 1.09 bits per heavy atom. The van der Waals surface area contributed by atoms with Gasteiger partial charge in [0.05, 0.1) is 11.3 Å². The summed E-state index contributed by atoms with van der Waals surface area (Å²) in [6.07, 6.45) is -0.484. The van der Waals surface area contributed by atoms with E-state index < -0.39 is 33.7 Å². The lowest BCUT2D eigenvalue weighted by atomic mass is 9.88. The Hall–Kier alpha value is -3.01. The highest BCUT2D eigenvalue weighted by atomic mass is 79.9. The van der Waals surface area contributed by atoms with Gasteiger partial charge in [-0.15, -0.1) is 0 Å². The number of hydrogen-bond donors (Lipinski definition) is 3. The summed E-state index contributed by atoms with van der Waals surface area (Å²) in [5.41, 5.74) is 0.0308. The van der Waals surface area contributed by atoms with Gasteiger partial charge in [-0.3, -0.25) is 14.3 Å². The maximum Gasteiger partial charge on any atom is 0.261 e. The van der Waals surface area contributed by atoms with Crippen LogP contribution in [0.4, 0.5) is 11.4 Å². The topological polar surface area (TPSA) is 113 Å². The lowest BCUT2D eigenvalue weighted by molar-refractivity contribution is -0.133. The molecule has 0 saturated carbocycles. The van der Waals surface area contributed by atoms with Crippen LogP contribution in [0.5, 0.6) is 0 Å². The van der Waals surface area contributed by atoms with Gasteiger partial charge in [0.25, 0.3) is 15.9 Å². The SMILES string of the molecule is Cc1ccc(S(=O)(=O)Nc2cccc(C(=O)CC3(O)C(=O)Nc4cc(Br)ccc43)c2)cc1. The number of amides is 1. The monoisotopic (exact) mass is 514 g/mol. The Morgan fingerprint density at radius 2 is 1.81 bits per heavy atom. The molecule has 32 heavy (non-hydrogen) atoms. The second-order valence-electron chi connectivity index (χ2n) is 7.60. The maximum absolute atomic E-state index is 12.9. The van der Waals surface area contributed by atoms with Crippen molar-refractivity contribution >= 4 is 49.0 Å². The fourth-order valence-corrected chi connectivity index (χ4v) is 4.94. The lowest BCUT2D eigenvalue weighted by Gasteiger charge is -2.20. The third kappa shape index (κ3) is 4.19. The van der Waals surface area contributed by atoms with Crippen LogP contribution >= 0.6 is 15.9 Å². The van der Waals surface area contributed by atoms with Crippen LogP contribution < -0.4 is 10.0 Å². The summed E-state index contributed by atoms with van der Waals surface area (Å²) in [7, 11) is -3.84. The van der Waals surface area contributed by atoms with Crippen molar-refractivity contribution in [3.8, 4) is 0 Å². The van der Waals surface area contributed by atoms with Crippen molar-refractivity contribution in [1.82, 2.24) is 0 Å². The average molecular weight is 515 g/mol. The zero-order chi connectivity index (χ0) is 23.1. The van der Waals surface area contributed by atoms with E-state index >= 15 is 0 Å². The standard InChI is InChI=1S/C23H19BrN2O5S/c1-14-5-8-18(9-6-14)32(30,31)26-17-4-2-3-15(11-17)21(27)13-23(29)19-10-7-16(24)12-20(19)25-22(23)28/h2-12,26,29H,13H2,1H3,(H,25,28). The zero-order valence-electron chi connectivity index (χ0n) is 16.9. The molecule has 0 spiro atoms. The van der Waals surface area contributed by atoms with Crippen molar-refractivity contribution in [3.63, 3.8) is 0 Å². The van der Waals surface area contributed by atoms with Crippen LogP contribution in [0.2, 0.25) is 0 Å². The number of benzene rings is 3. The molecule has 1 amide bonds. The number of carbonyl (C=O) groups is 2. The summed E-state index contributed by atoms with van der Waals surface area (Å²) >= 11 is 3.31. The van der Waals surface area contributed by atoms with E-state index in [4.69, 9.17) is 0 Å². The minimum absolute atomic E-state index is 0.0968. The number of aryl methyl sites for hydroxylation is 1. The first-order chi connectivity index (χ1) is 15.1. The van der Waals surface area contributed by atoms with Gasteiger partial charge in [-0.25, -0.2) is 8.42 Å². The van der Waals surface area contributed by atoms with Gasteiger partial charge in [0.1, 0.15) is 0 Å². The molecule has 0 aromatic heterocycles. The molecule has 0 aliphatic carbocycles. The summed E-state index contributed by atoms with van der Waals surface area (Å²) in [6, 6.07) is 17.2. The Bertz CT molecular complexity index is 1340. The normalized spacial score (nSPS) is 17.5. The molecule has 9 heteroatoms. The Balaban J connectivity index is 1.57. The molecule has 1 unspecified atom stereocenters. The van der Waals surface area contributed by atoms with Crippen LogP contribution in [-0.2, 0) is 20.4 Å². The Morgan fingerprint density at radius 3 is 2.53 bits per heavy atom. The van der Waals surface area contributed by atoms with E-state index in [1.54, 1.807) is 30.3 Å². The van der Waals surface area contributed by atoms with Crippen LogP contribution in [0, 0.1) is 6.92 Å². The van der Waals surface area contributed by atoms with E-state index in [1.807, 2.05) is 6.92 Å². The lowest BCUT2D eigenvalue weighted by Crippen LogP contribution is -2.36. The minimum atomic E-state index is -3.84. The molecule has 3 aromatic carbocycles. The summed E-state index contributed by atoms with van der Waals surface area (Å²) in [5.74, 6) is -1.19. The van der Waals surface area contributed by atoms with Crippen LogP contribution in [0.25, 0.3) is 0 Å². The molecule has 7 nitrogen and oxygen atoms in total. The first-order valence-electron chi connectivity index (χ1n) is 9.65. The zero-order valence-corrected chi connectivity index (χ0v) is 19.3. The van der Waals surface area contributed by atoms with Crippen molar-refractivity contribution in [1.29, 1.82) is 0 Å². The fourth-order valence-electron chi connectivity index (χ4n) is 3.53. The average Bonchev–Trinajstić information content (AvgIpc) is 2.97. The number of ketones is 1. The van der Waals surface area contributed by atoms with Gasteiger partial charge in [-0.05, 0) is 43.3 Å². The van der Waals surface area contributed by atoms with Gasteiger partial charge in [0.2, 0.25) is 0 Å². The third-order valence-electron chi connectivity index (χ3n) is 5.24. The number of halogens is 1. The van der Waals surface area contributed by atoms with Crippen molar-refractivity contribution in [2.75, 3.05) is 10.0 Å². The molecular weight excluding hydrogens is 496 g/mol. The minimum Gasteiger partial charge on any atom is -0.375 e. The highest BCUT2D eigenvalue weighted by Crippen LogP contribution is 2.40. The molecule has 1 atom stereocenters. The predicted molar refractivity (Wildman–Crippen MR) is 124 cm³/mol. The van der Waals surface area contributed by atoms with Gasteiger partial charge in [-0.1, -0.05) is 51.8 Å². The molecule has 164 valence electrons. The number of aliphatic hydroxyl groups is 1. The molecule has 1 aliphatic rings. The Labute approximate surface area is 193 Å². The number of Topliss-reactive ketones (excluding diaryl/α,β-unsaturated/α-hetero) is 1. The summed E-state index contributed by atoms with van der Waals surface area (Å²) in [6.45, 7) is 1.86. The molecule has 0 bridgehead atoms. The van der Waals surface area contributed by atoms with Gasteiger partial charge < -0.3 is 10.4 Å². The van der Waals surface area contributed by atoms with E-state index in [-0.39, 0.29) is 16.1 Å². The molecular formula is C23H19BrN2O5S. The summed E-state index contributed by atoms with van der Waals surface area (Å²) in [5, 5.41) is 13.6. The largest absolute Gasteiger partial charge is 0.375 e. The number of carbonyl (C=O) groups excluding carboxylic acids is 2. The molecule has 1 aliphatic heterocycles. The number of fused-ring (bicyclic) bond motifs is 1. The molecule has 4 rings (SSSR count). The van der Waals surface area contributed by atoms with Crippen molar-refractivity contribution < 1.29 is 23.1 Å². The number of hydrogen-bond acceptors (Lipinski definition) is 5. The van der Waals surface area contributed by atoms with Crippen molar-refractivity contribution in [3.05, 3.63) is 87.9 Å². The first-order valence-corrected chi connectivity index (χ1v) is 11.9. The molecule has 3 N–H and O–H groups in total. The number of rotatable bonds is 6. The highest BCUT2D eigenvalue weighted by Gasteiger charge is 2.46. The van der Waals surface area contributed by atoms with E-state index in [1.165, 1.54) is 36.4 Å². The number of nitrogens with one attached hydrogen (secondary N) is 2. The van der Waals surface area contributed by atoms with Crippen LogP contribution in [0.3, 0.4) is 0 Å². The Kier molecular flexibility index (Phi) is 5.66. The summed E-state index contributed by atoms with van der Waals surface area (Å²) < 4.78 is 28.5. The van der Waals surface area contributed by atoms with Gasteiger partial charge in [0, 0.05) is 27.0 Å². The fraction of sp³-hybridized carbons (Fsp3) is 0.130. The van der Waals surface area contributed by atoms with E-state index in [2.05, 4.69) is 26.0 Å². The second kappa shape index (κ2) is 8.16. The van der Waals surface area contributed by atoms with Gasteiger partial charge in [0.15, 0.2) is 11.4 Å². The van der Waals surface area contributed by atoms with Crippen molar-refractivity contribution in [2.24, 2.45) is 0 Å². The highest BCUT2D eigenvalue weighted by molar-refractivity contribution is 9.10. The number of anilines is 2. The van der Waals surface area contributed by atoms with Crippen LogP contribution in [-0.4, -0.2) is 25.2 Å².